The Labute approximate surface area is 191 Å². The number of nitrogens with zero attached hydrogens (tertiary/aromatic N) is 5. The number of hydrogen-bond acceptors (Lipinski definition) is 7. The van der Waals surface area contributed by atoms with E-state index >= 15 is 0 Å². The van der Waals surface area contributed by atoms with E-state index in [-0.39, 0.29) is 5.91 Å². The van der Waals surface area contributed by atoms with Crippen molar-refractivity contribution in [3.8, 4) is 5.75 Å². The summed E-state index contributed by atoms with van der Waals surface area (Å²) < 4.78 is 7.32. The predicted molar refractivity (Wildman–Crippen MR) is 128 cm³/mol. The van der Waals surface area contributed by atoms with Crippen LogP contribution in [-0.2, 0) is 0 Å². The molecule has 4 heterocycles. The summed E-state index contributed by atoms with van der Waals surface area (Å²) in [6.45, 7) is 8.05. The number of carbonyl (C=O) groups is 1. The molecule has 0 radical (unpaired) electrons. The summed E-state index contributed by atoms with van der Waals surface area (Å²) in [5, 5.41) is 15.8. The second kappa shape index (κ2) is 8.32. The smallest absolute Gasteiger partial charge is 0.257 e. The molecule has 0 bridgehead atoms. The largest absolute Gasteiger partial charge is 0.493 e. The van der Waals surface area contributed by atoms with Gasteiger partial charge < -0.3 is 24.7 Å². The minimum atomic E-state index is -0.257. The third-order valence-corrected chi connectivity index (χ3v) is 5.92. The van der Waals surface area contributed by atoms with Gasteiger partial charge in [0.1, 0.15) is 5.52 Å². The zero-order chi connectivity index (χ0) is 23.1. The zero-order valence-corrected chi connectivity index (χ0v) is 19.2. The number of benzene rings is 1. The first-order valence-electron chi connectivity index (χ1n) is 11.0. The first kappa shape index (κ1) is 21.1. The van der Waals surface area contributed by atoms with Gasteiger partial charge in [-0.2, -0.15) is 5.10 Å². The van der Waals surface area contributed by atoms with Crippen LogP contribution in [-0.4, -0.2) is 57.8 Å². The van der Waals surface area contributed by atoms with Crippen molar-refractivity contribution in [1.29, 1.82) is 0 Å². The molecule has 1 aliphatic rings. The summed E-state index contributed by atoms with van der Waals surface area (Å²) in [7, 11) is 1.59. The number of hydrogen-bond donors (Lipinski definition) is 2. The summed E-state index contributed by atoms with van der Waals surface area (Å²) in [5.74, 6) is 0.329. The molecule has 4 aromatic rings. The van der Waals surface area contributed by atoms with Crippen LogP contribution in [0.5, 0.6) is 5.75 Å². The second-order valence-corrected chi connectivity index (χ2v) is 8.66. The summed E-state index contributed by atoms with van der Waals surface area (Å²) in [6.07, 6.45) is 5.38. The Hall–Kier alpha value is -3.72. The third kappa shape index (κ3) is 3.95. The summed E-state index contributed by atoms with van der Waals surface area (Å²) in [5.41, 5.74) is 4.29. The van der Waals surface area contributed by atoms with E-state index in [1.54, 1.807) is 19.4 Å². The topological polar surface area (TPSA) is 96.7 Å². The highest BCUT2D eigenvalue weighted by atomic mass is 16.5. The van der Waals surface area contributed by atoms with Crippen molar-refractivity contribution in [1.82, 2.24) is 24.9 Å². The number of aryl methyl sites for hydroxylation is 1. The molecule has 1 amide bonds. The molecule has 1 saturated heterocycles. The Balaban J connectivity index is 1.50. The third-order valence-electron chi connectivity index (χ3n) is 5.92. The number of piperazine rings is 1. The van der Waals surface area contributed by atoms with Crippen LogP contribution in [0.3, 0.4) is 0 Å². The number of aromatic nitrogens is 4. The normalized spacial score (nSPS) is 18.6. The van der Waals surface area contributed by atoms with E-state index in [0.29, 0.717) is 40.2 Å². The van der Waals surface area contributed by atoms with Crippen molar-refractivity contribution in [2.24, 2.45) is 0 Å². The number of pyridine rings is 1. The predicted octanol–water partition coefficient (Wildman–Crippen LogP) is 3.03. The summed E-state index contributed by atoms with van der Waals surface area (Å²) in [4.78, 5) is 20.1. The van der Waals surface area contributed by atoms with E-state index < -0.39 is 0 Å². The van der Waals surface area contributed by atoms with Crippen LogP contribution in [0.4, 0.5) is 11.4 Å². The van der Waals surface area contributed by atoms with Crippen LogP contribution in [0.1, 0.15) is 29.9 Å². The Bertz CT molecular complexity index is 1340. The molecule has 1 fully saturated rings. The van der Waals surface area contributed by atoms with Gasteiger partial charge in [-0.1, -0.05) is 0 Å². The number of amides is 1. The van der Waals surface area contributed by atoms with Crippen molar-refractivity contribution in [3.05, 3.63) is 54.1 Å². The number of ether oxygens (including phenoxy) is 1. The molecule has 9 nitrogen and oxygen atoms in total. The van der Waals surface area contributed by atoms with Crippen molar-refractivity contribution in [2.75, 3.05) is 30.4 Å². The molecular formula is C24H27N7O2. The molecule has 3 aromatic heterocycles. The van der Waals surface area contributed by atoms with Crippen molar-refractivity contribution < 1.29 is 9.53 Å². The number of imidazole rings is 1. The number of rotatable bonds is 4. The summed E-state index contributed by atoms with van der Waals surface area (Å²) >= 11 is 0. The standard InChI is InChI=1S/C24H27N7O2/c1-14-10-30(11-15(2)26-14)20-6-5-19(22-18(20)7-8-25-29-22)24(32)28-17-9-21(33-4)23-27-16(3)12-31(23)13-17/h5-9,12-15,26H,10-11H2,1-4H3,(H,28,32)/t14-,15-/m1/s1. The van der Waals surface area contributed by atoms with Crippen LogP contribution < -0.4 is 20.3 Å². The van der Waals surface area contributed by atoms with Crippen LogP contribution in [0.25, 0.3) is 16.6 Å². The van der Waals surface area contributed by atoms with E-state index in [2.05, 4.69) is 44.6 Å². The number of anilines is 2. The molecule has 2 N–H and O–H groups in total. The maximum absolute atomic E-state index is 13.3. The Morgan fingerprint density at radius 1 is 1.18 bits per heavy atom. The molecule has 1 aliphatic heterocycles. The number of methoxy groups -OCH3 is 1. The fourth-order valence-corrected chi connectivity index (χ4v) is 4.66. The van der Waals surface area contributed by atoms with Gasteiger partial charge in [-0.25, -0.2) is 4.98 Å². The highest BCUT2D eigenvalue weighted by Gasteiger charge is 2.24. The Morgan fingerprint density at radius 3 is 2.73 bits per heavy atom. The van der Waals surface area contributed by atoms with Crippen LogP contribution in [0, 0.1) is 6.92 Å². The fraction of sp³-hybridized carbons (Fsp3) is 0.333. The van der Waals surface area contributed by atoms with Gasteiger partial charge in [0.2, 0.25) is 0 Å². The van der Waals surface area contributed by atoms with Crippen molar-refractivity contribution in [3.63, 3.8) is 0 Å². The van der Waals surface area contributed by atoms with E-state index in [0.717, 1.165) is 29.9 Å². The van der Waals surface area contributed by atoms with E-state index in [9.17, 15) is 4.79 Å². The minimum absolute atomic E-state index is 0.257. The molecule has 0 unspecified atom stereocenters. The van der Waals surface area contributed by atoms with Gasteiger partial charge >= 0.3 is 0 Å². The first-order chi connectivity index (χ1) is 15.9. The lowest BCUT2D eigenvalue weighted by atomic mass is 10.0. The maximum Gasteiger partial charge on any atom is 0.257 e. The molecule has 2 atom stereocenters. The molecular weight excluding hydrogens is 418 g/mol. The van der Waals surface area contributed by atoms with Gasteiger partial charge in [0, 0.05) is 54.7 Å². The van der Waals surface area contributed by atoms with E-state index in [1.807, 2.05) is 41.9 Å². The minimum Gasteiger partial charge on any atom is -0.493 e. The van der Waals surface area contributed by atoms with Gasteiger partial charge in [0.05, 0.1) is 30.3 Å². The maximum atomic E-state index is 13.3. The van der Waals surface area contributed by atoms with Crippen molar-refractivity contribution in [2.45, 2.75) is 32.9 Å². The molecule has 33 heavy (non-hydrogen) atoms. The van der Waals surface area contributed by atoms with Crippen LogP contribution in [0.15, 0.2) is 42.9 Å². The van der Waals surface area contributed by atoms with Crippen LogP contribution >= 0.6 is 0 Å². The second-order valence-electron chi connectivity index (χ2n) is 8.66. The van der Waals surface area contributed by atoms with E-state index in [4.69, 9.17) is 4.74 Å². The SMILES string of the molecule is COc1cc(NC(=O)c2ccc(N3C[C@@H](C)N[C@H](C)C3)c3ccnnc23)cn2cc(C)nc12. The van der Waals surface area contributed by atoms with Gasteiger partial charge in [-0.3, -0.25) is 4.79 Å². The van der Waals surface area contributed by atoms with Gasteiger partial charge in [-0.05, 0) is 39.0 Å². The average Bonchev–Trinajstić information content (AvgIpc) is 3.17. The Kier molecular flexibility index (Phi) is 5.33. The highest BCUT2D eigenvalue weighted by molar-refractivity contribution is 6.13. The quantitative estimate of drug-likeness (QED) is 0.498. The lowest BCUT2D eigenvalue weighted by Crippen LogP contribution is -2.54. The number of nitrogens with one attached hydrogen (secondary N) is 2. The number of carbonyl (C=O) groups excluding carboxylic acids is 1. The molecule has 0 saturated carbocycles. The molecule has 1 aromatic carbocycles. The molecule has 0 aliphatic carbocycles. The average molecular weight is 446 g/mol. The number of fused-ring (bicyclic) bond motifs is 2. The van der Waals surface area contributed by atoms with E-state index in [1.165, 1.54) is 0 Å². The van der Waals surface area contributed by atoms with Gasteiger partial charge in [0.15, 0.2) is 11.4 Å². The highest BCUT2D eigenvalue weighted by Crippen LogP contribution is 2.30. The van der Waals surface area contributed by atoms with Crippen molar-refractivity contribution >= 4 is 33.8 Å². The molecule has 5 rings (SSSR count). The summed E-state index contributed by atoms with van der Waals surface area (Å²) in [6, 6.07) is 8.28. The molecule has 9 heteroatoms. The first-order valence-corrected chi connectivity index (χ1v) is 11.0. The fourth-order valence-electron chi connectivity index (χ4n) is 4.66. The Morgan fingerprint density at radius 2 is 1.97 bits per heavy atom. The molecule has 0 spiro atoms. The van der Waals surface area contributed by atoms with Gasteiger partial charge in [-0.15, -0.1) is 5.10 Å². The van der Waals surface area contributed by atoms with Crippen LogP contribution in [0.2, 0.25) is 0 Å². The zero-order valence-electron chi connectivity index (χ0n) is 19.2. The molecule has 170 valence electrons. The van der Waals surface area contributed by atoms with Gasteiger partial charge in [0.25, 0.3) is 5.91 Å². The lowest BCUT2D eigenvalue weighted by molar-refractivity contribution is 0.102. The monoisotopic (exact) mass is 445 g/mol. The lowest BCUT2D eigenvalue weighted by Gasteiger charge is -2.38.